The van der Waals surface area contributed by atoms with E-state index in [2.05, 4.69) is 9.78 Å². The molecule has 2 heterocycles. The number of nitrogen functional groups attached to an aromatic ring is 1. The van der Waals surface area contributed by atoms with Gasteiger partial charge in [0.2, 0.25) is 0 Å². The highest BCUT2D eigenvalue weighted by Crippen LogP contribution is 2.30. The lowest BCUT2D eigenvalue weighted by atomic mass is 10.2. The van der Waals surface area contributed by atoms with Crippen molar-refractivity contribution in [1.29, 1.82) is 0 Å². The molecule has 1 aromatic heterocycles. The van der Waals surface area contributed by atoms with Crippen LogP contribution in [0.1, 0.15) is 12.5 Å². The Morgan fingerprint density at radius 1 is 1.47 bits per heavy atom. The van der Waals surface area contributed by atoms with Gasteiger partial charge in [0.1, 0.15) is 0 Å². The maximum atomic E-state index is 5.80. The number of anilines is 1. The van der Waals surface area contributed by atoms with Crippen molar-refractivity contribution in [2.45, 2.75) is 12.5 Å². The van der Waals surface area contributed by atoms with E-state index in [9.17, 15) is 0 Å². The van der Waals surface area contributed by atoms with Gasteiger partial charge in [-0.3, -0.25) is 4.68 Å². The standard InChI is InChI=1S/C11H13N3S/c12-9-2-1-8-6-13-14(11(8)5-9)10-3-4-15-7-10/h1-2,5-6,10H,3-4,7,12H2. The van der Waals surface area contributed by atoms with Gasteiger partial charge in [-0.1, -0.05) is 0 Å². The summed E-state index contributed by atoms with van der Waals surface area (Å²) in [7, 11) is 0. The molecule has 2 N–H and O–H groups in total. The lowest BCUT2D eigenvalue weighted by Gasteiger charge is -2.10. The normalized spacial score (nSPS) is 21.2. The number of rotatable bonds is 1. The van der Waals surface area contributed by atoms with Crippen LogP contribution in [0, 0.1) is 0 Å². The van der Waals surface area contributed by atoms with Gasteiger partial charge in [-0.15, -0.1) is 0 Å². The third-order valence-corrected chi connectivity index (χ3v) is 4.02. The molecular formula is C11H13N3S. The molecule has 0 amide bonds. The smallest absolute Gasteiger partial charge is 0.0706 e. The van der Waals surface area contributed by atoms with Crippen LogP contribution in [0.4, 0.5) is 5.69 Å². The summed E-state index contributed by atoms with van der Waals surface area (Å²) in [4.78, 5) is 0. The van der Waals surface area contributed by atoms with Crippen molar-refractivity contribution >= 4 is 28.4 Å². The molecule has 0 bridgehead atoms. The Balaban J connectivity index is 2.13. The summed E-state index contributed by atoms with van der Waals surface area (Å²) in [6.45, 7) is 0. The van der Waals surface area contributed by atoms with E-state index in [1.807, 2.05) is 36.2 Å². The number of benzene rings is 1. The molecule has 3 rings (SSSR count). The highest BCUT2D eigenvalue weighted by atomic mass is 32.2. The molecule has 1 saturated heterocycles. The quantitative estimate of drug-likeness (QED) is 0.748. The van der Waals surface area contributed by atoms with Crippen molar-refractivity contribution in [1.82, 2.24) is 9.78 Å². The van der Waals surface area contributed by atoms with E-state index in [1.165, 1.54) is 28.8 Å². The van der Waals surface area contributed by atoms with E-state index < -0.39 is 0 Å². The van der Waals surface area contributed by atoms with Gasteiger partial charge in [0.25, 0.3) is 0 Å². The molecule has 15 heavy (non-hydrogen) atoms. The van der Waals surface area contributed by atoms with Crippen molar-refractivity contribution in [3.63, 3.8) is 0 Å². The summed E-state index contributed by atoms with van der Waals surface area (Å²) in [6.07, 6.45) is 3.15. The molecule has 0 spiro atoms. The Labute approximate surface area is 92.6 Å². The van der Waals surface area contributed by atoms with Gasteiger partial charge in [-0.25, -0.2) is 0 Å². The second-order valence-electron chi connectivity index (χ2n) is 3.92. The van der Waals surface area contributed by atoms with Crippen LogP contribution in [0.15, 0.2) is 24.4 Å². The maximum Gasteiger partial charge on any atom is 0.0706 e. The van der Waals surface area contributed by atoms with Crippen molar-refractivity contribution in [3.8, 4) is 0 Å². The van der Waals surface area contributed by atoms with Crippen molar-refractivity contribution in [2.24, 2.45) is 0 Å². The van der Waals surface area contributed by atoms with Crippen LogP contribution in [0.2, 0.25) is 0 Å². The Bertz CT molecular complexity index is 486. The second kappa shape index (κ2) is 3.45. The second-order valence-corrected chi connectivity index (χ2v) is 5.07. The number of hydrogen-bond donors (Lipinski definition) is 1. The fourth-order valence-corrected chi connectivity index (χ4v) is 3.25. The van der Waals surface area contributed by atoms with E-state index >= 15 is 0 Å². The lowest BCUT2D eigenvalue weighted by molar-refractivity contribution is 0.518. The molecular weight excluding hydrogens is 206 g/mol. The Hall–Kier alpha value is -1.16. The predicted octanol–water partition coefficient (Wildman–Crippen LogP) is 2.30. The van der Waals surface area contributed by atoms with Crippen molar-refractivity contribution < 1.29 is 0 Å². The van der Waals surface area contributed by atoms with Crippen LogP contribution in [0.3, 0.4) is 0 Å². The molecule has 1 unspecified atom stereocenters. The summed E-state index contributed by atoms with van der Waals surface area (Å²) < 4.78 is 2.13. The van der Waals surface area contributed by atoms with Gasteiger partial charge in [0.05, 0.1) is 17.8 Å². The summed E-state index contributed by atoms with van der Waals surface area (Å²) in [5.41, 5.74) is 7.79. The molecule has 1 aliphatic heterocycles. The third kappa shape index (κ3) is 1.49. The van der Waals surface area contributed by atoms with Gasteiger partial charge in [-0.05, 0) is 30.4 Å². The number of nitrogens with two attached hydrogens (primary N) is 1. The van der Waals surface area contributed by atoms with Crippen LogP contribution in [0.25, 0.3) is 10.9 Å². The number of fused-ring (bicyclic) bond motifs is 1. The summed E-state index contributed by atoms with van der Waals surface area (Å²) in [5.74, 6) is 2.42. The number of nitrogens with zero attached hydrogens (tertiary/aromatic N) is 2. The minimum atomic E-state index is 0.550. The number of hydrogen-bond acceptors (Lipinski definition) is 3. The van der Waals surface area contributed by atoms with E-state index in [0.717, 1.165) is 5.69 Å². The highest BCUT2D eigenvalue weighted by Gasteiger charge is 2.19. The van der Waals surface area contributed by atoms with Crippen LogP contribution >= 0.6 is 11.8 Å². The average Bonchev–Trinajstić information content (AvgIpc) is 2.83. The van der Waals surface area contributed by atoms with E-state index in [-0.39, 0.29) is 0 Å². The van der Waals surface area contributed by atoms with Gasteiger partial charge in [-0.2, -0.15) is 16.9 Å². The summed E-state index contributed by atoms with van der Waals surface area (Å²) in [5, 5.41) is 5.65. The predicted molar refractivity (Wildman–Crippen MR) is 65.1 cm³/mol. The van der Waals surface area contributed by atoms with Gasteiger partial charge in [0, 0.05) is 16.8 Å². The molecule has 0 aliphatic carbocycles. The summed E-state index contributed by atoms with van der Waals surface area (Å²) in [6, 6.07) is 6.54. The molecule has 1 atom stereocenters. The molecule has 78 valence electrons. The number of aromatic nitrogens is 2. The minimum Gasteiger partial charge on any atom is -0.399 e. The lowest BCUT2D eigenvalue weighted by Crippen LogP contribution is -2.09. The SMILES string of the molecule is Nc1ccc2cnn(C3CCSC3)c2c1. The van der Waals surface area contributed by atoms with Gasteiger partial charge in [0.15, 0.2) is 0 Å². The first-order valence-electron chi connectivity index (χ1n) is 5.15. The van der Waals surface area contributed by atoms with Crippen molar-refractivity contribution in [3.05, 3.63) is 24.4 Å². The molecule has 0 saturated carbocycles. The molecule has 2 aromatic rings. The van der Waals surface area contributed by atoms with Crippen LogP contribution in [-0.2, 0) is 0 Å². The van der Waals surface area contributed by atoms with Crippen LogP contribution in [-0.4, -0.2) is 21.3 Å². The average molecular weight is 219 g/mol. The Morgan fingerprint density at radius 2 is 2.40 bits per heavy atom. The first-order valence-corrected chi connectivity index (χ1v) is 6.30. The van der Waals surface area contributed by atoms with E-state index in [1.54, 1.807) is 0 Å². The van der Waals surface area contributed by atoms with Crippen molar-refractivity contribution in [2.75, 3.05) is 17.2 Å². The molecule has 1 aromatic carbocycles. The zero-order valence-corrected chi connectivity index (χ0v) is 9.20. The number of thioether (sulfide) groups is 1. The fourth-order valence-electron chi connectivity index (χ4n) is 2.06. The molecule has 4 heteroatoms. The topological polar surface area (TPSA) is 43.8 Å². The fraction of sp³-hybridized carbons (Fsp3) is 0.364. The monoisotopic (exact) mass is 219 g/mol. The molecule has 1 aliphatic rings. The zero-order chi connectivity index (χ0) is 10.3. The first-order chi connectivity index (χ1) is 7.34. The highest BCUT2D eigenvalue weighted by molar-refractivity contribution is 7.99. The molecule has 1 fully saturated rings. The Morgan fingerprint density at radius 3 is 3.20 bits per heavy atom. The summed E-state index contributed by atoms with van der Waals surface area (Å²) >= 11 is 2.00. The minimum absolute atomic E-state index is 0.550. The van der Waals surface area contributed by atoms with E-state index in [4.69, 9.17) is 5.73 Å². The van der Waals surface area contributed by atoms with Gasteiger partial charge >= 0.3 is 0 Å². The first kappa shape index (κ1) is 9.09. The van der Waals surface area contributed by atoms with Crippen LogP contribution in [0.5, 0.6) is 0 Å². The van der Waals surface area contributed by atoms with Crippen LogP contribution < -0.4 is 5.73 Å². The maximum absolute atomic E-state index is 5.80. The molecule has 0 radical (unpaired) electrons. The molecule has 3 nitrogen and oxygen atoms in total. The largest absolute Gasteiger partial charge is 0.399 e. The van der Waals surface area contributed by atoms with E-state index in [0.29, 0.717) is 6.04 Å². The zero-order valence-electron chi connectivity index (χ0n) is 8.39. The third-order valence-electron chi connectivity index (χ3n) is 2.87. The Kier molecular flexibility index (Phi) is 2.09. The van der Waals surface area contributed by atoms with Gasteiger partial charge < -0.3 is 5.73 Å².